The lowest BCUT2D eigenvalue weighted by atomic mass is 10.1. The summed E-state index contributed by atoms with van der Waals surface area (Å²) in [6.45, 7) is 4.48. The zero-order valence-electron chi connectivity index (χ0n) is 14.5. The molecule has 1 heterocycles. The van der Waals surface area contributed by atoms with E-state index in [0.717, 1.165) is 12.8 Å². The van der Waals surface area contributed by atoms with Crippen molar-refractivity contribution >= 4 is 27.6 Å². The lowest BCUT2D eigenvalue weighted by Crippen LogP contribution is -2.14. The Kier molecular flexibility index (Phi) is 12.5. The molecule has 1 aliphatic rings. The molecule has 0 aromatic heterocycles. The van der Waals surface area contributed by atoms with Crippen LogP contribution in [0.15, 0.2) is 0 Å². The third-order valence-electron chi connectivity index (χ3n) is 4.13. The molecule has 0 aliphatic carbocycles. The van der Waals surface area contributed by atoms with E-state index in [1.807, 2.05) is 10.8 Å². The van der Waals surface area contributed by atoms with Crippen molar-refractivity contribution in [2.45, 2.75) is 108 Å². The molecule has 0 spiro atoms. The third-order valence-corrected chi connectivity index (χ3v) is 7.24. The van der Waals surface area contributed by atoms with Crippen LogP contribution < -0.4 is 0 Å². The van der Waals surface area contributed by atoms with E-state index in [4.69, 9.17) is 4.74 Å². The number of ether oxygens (including phenoxy) is 1. The lowest BCUT2D eigenvalue weighted by molar-refractivity contribution is -0.145. The van der Waals surface area contributed by atoms with Gasteiger partial charge in [-0.15, -0.1) is 0 Å². The van der Waals surface area contributed by atoms with Crippen LogP contribution in [0.5, 0.6) is 0 Å². The van der Waals surface area contributed by atoms with E-state index >= 15 is 0 Å². The minimum atomic E-state index is 0.0141. The van der Waals surface area contributed by atoms with Crippen LogP contribution in [0.3, 0.4) is 0 Å². The van der Waals surface area contributed by atoms with Gasteiger partial charge in [0.05, 0.1) is 0 Å². The standard InChI is InChI=1S/C18H34O2S2/c1-3-5-7-9-10-12-14-17(19)20-18-15-16(21-22-18)13-11-8-6-4-2/h16,18H,3-15H2,1-2H3. The maximum Gasteiger partial charge on any atom is 0.306 e. The van der Waals surface area contributed by atoms with Crippen LogP contribution in [-0.4, -0.2) is 16.7 Å². The summed E-state index contributed by atoms with van der Waals surface area (Å²) in [6.07, 6.45) is 15.6. The predicted molar refractivity (Wildman–Crippen MR) is 100 cm³/mol. The molecule has 2 atom stereocenters. The van der Waals surface area contributed by atoms with E-state index in [1.54, 1.807) is 10.8 Å². The quantitative estimate of drug-likeness (QED) is 0.210. The molecular formula is C18H34O2S2. The smallest absolute Gasteiger partial charge is 0.306 e. The summed E-state index contributed by atoms with van der Waals surface area (Å²) in [6, 6.07) is 0. The Morgan fingerprint density at radius 1 is 0.909 bits per heavy atom. The number of rotatable bonds is 13. The van der Waals surface area contributed by atoms with Gasteiger partial charge in [0, 0.05) is 18.1 Å². The van der Waals surface area contributed by atoms with Crippen LogP contribution in [0, 0.1) is 0 Å². The first kappa shape index (κ1) is 20.2. The highest BCUT2D eigenvalue weighted by Gasteiger charge is 2.28. The van der Waals surface area contributed by atoms with Gasteiger partial charge >= 0.3 is 5.97 Å². The summed E-state index contributed by atoms with van der Waals surface area (Å²) in [5.74, 6) is 0.0141. The van der Waals surface area contributed by atoms with Gasteiger partial charge in [-0.1, -0.05) is 82.4 Å². The molecule has 130 valence electrons. The second-order valence-corrected chi connectivity index (χ2v) is 9.07. The predicted octanol–water partition coefficient (Wildman–Crippen LogP) is 6.73. The van der Waals surface area contributed by atoms with Crippen molar-refractivity contribution in [1.29, 1.82) is 0 Å². The highest BCUT2D eigenvalue weighted by molar-refractivity contribution is 8.77. The monoisotopic (exact) mass is 346 g/mol. The van der Waals surface area contributed by atoms with Crippen LogP contribution in [0.1, 0.15) is 97.3 Å². The van der Waals surface area contributed by atoms with Crippen LogP contribution in [0.4, 0.5) is 0 Å². The van der Waals surface area contributed by atoms with Crippen molar-refractivity contribution in [3.63, 3.8) is 0 Å². The average Bonchev–Trinajstić information content (AvgIpc) is 2.94. The molecule has 0 saturated carbocycles. The fourth-order valence-corrected chi connectivity index (χ4v) is 5.82. The second kappa shape index (κ2) is 13.6. The molecular weight excluding hydrogens is 312 g/mol. The summed E-state index contributed by atoms with van der Waals surface area (Å²) in [4.78, 5) is 11.8. The van der Waals surface area contributed by atoms with Crippen LogP contribution >= 0.6 is 21.6 Å². The van der Waals surface area contributed by atoms with Gasteiger partial charge in [-0.05, 0) is 23.6 Å². The molecule has 1 fully saturated rings. The Labute approximate surface area is 145 Å². The van der Waals surface area contributed by atoms with Crippen molar-refractivity contribution in [3.05, 3.63) is 0 Å². The molecule has 22 heavy (non-hydrogen) atoms. The lowest BCUT2D eigenvalue weighted by Gasteiger charge is -2.11. The molecule has 0 aromatic rings. The normalized spacial score (nSPS) is 21.2. The molecule has 1 saturated heterocycles. The minimum absolute atomic E-state index is 0.0141. The fourth-order valence-electron chi connectivity index (χ4n) is 2.72. The third kappa shape index (κ3) is 10.0. The average molecular weight is 347 g/mol. The van der Waals surface area contributed by atoms with E-state index in [0.29, 0.717) is 11.7 Å². The SMILES string of the molecule is CCCCCCCCC(=O)OC1CC(CCCCCC)SS1. The van der Waals surface area contributed by atoms with Crippen LogP contribution in [-0.2, 0) is 9.53 Å². The molecule has 0 bridgehead atoms. The molecule has 0 aromatic carbocycles. The fraction of sp³-hybridized carbons (Fsp3) is 0.944. The zero-order chi connectivity index (χ0) is 16.0. The van der Waals surface area contributed by atoms with Gasteiger partial charge in [0.25, 0.3) is 0 Å². The molecule has 0 N–H and O–H groups in total. The topological polar surface area (TPSA) is 26.3 Å². The van der Waals surface area contributed by atoms with Crippen molar-refractivity contribution in [3.8, 4) is 0 Å². The van der Waals surface area contributed by atoms with E-state index in [-0.39, 0.29) is 11.4 Å². The number of carbonyl (C=O) groups is 1. The van der Waals surface area contributed by atoms with Crippen molar-refractivity contribution in [1.82, 2.24) is 0 Å². The molecule has 0 radical (unpaired) electrons. The van der Waals surface area contributed by atoms with Gasteiger partial charge in [-0.3, -0.25) is 4.79 Å². The number of hydrogen-bond acceptors (Lipinski definition) is 4. The van der Waals surface area contributed by atoms with Gasteiger partial charge in [-0.25, -0.2) is 0 Å². The number of unbranched alkanes of at least 4 members (excludes halogenated alkanes) is 8. The molecule has 4 heteroatoms. The Hall–Kier alpha value is 0.170. The highest BCUT2D eigenvalue weighted by Crippen LogP contribution is 2.46. The maximum absolute atomic E-state index is 11.8. The van der Waals surface area contributed by atoms with Gasteiger partial charge in [-0.2, -0.15) is 0 Å². The molecule has 2 nitrogen and oxygen atoms in total. The van der Waals surface area contributed by atoms with E-state index in [9.17, 15) is 4.79 Å². The molecule has 2 unspecified atom stereocenters. The number of hydrogen-bond donors (Lipinski definition) is 0. The summed E-state index contributed by atoms with van der Waals surface area (Å²) in [5, 5.41) is 0.689. The van der Waals surface area contributed by atoms with E-state index in [2.05, 4.69) is 13.8 Å². The van der Waals surface area contributed by atoms with Crippen molar-refractivity contribution in [2.24, 2.45) is 0 Å². The number of carbonyl (C=O) groups excluding carboxylic acids is 1. The first-order valence-corrected chi connectivity index (χ1v) is 11.6. The summed E-state index contributed by atoms with van der Waals surface area (Å²) in [5.41, 5.74) is 0.105. The molecule has 0 amide bonds. The van der Waals surface area contributed by atoms with Crippen molar-refractivity contribution < 1.29 is 9.53 Å². The van der Waals surface area contributed by atoms with Gasteiger partial charge in [0.2, 0.25) is 0 Å². The first-order chi connectivity index (χ1) is 10.8. The Balaban J connectivity index is 1.98. The van der Waals surface area contributed by atoms with Gasteiger partial charge in [0.1, 0.15) is 0 Å². The van der Waals surface area contributed by atoms with E-state index < -0.39 is 0 Å². The van der Waals surface area contributed by atoms with Crippen LogP contribution in [0.25, 0.3) is 0 Å². The van der Waals surface area contributed by atoms with E-state index in [1.165, 1.54) is 64.2 Å². The summed E-state index contributed by atoms with van der Waals surface area (Å²) in [7, 11) is 3.69. The molecule has 1 rings (SSSR count). The van der Waals surface area contributed by atoms with Gasteiger partial charge < -0.3 is 4.74 Å². The first-order valence-electron chi connectivity index (χ1n) is 9.27. The van der Waals surface area contributed by atoms with Crippen LogP contribution in [0.2, 0.25) is 0 Å². The van der Waals surface area contributed by atoms with Gasteiger partial charge in [0.15, 0.2) is 5.44 Å². The largest absolute Gasteiger partial charge is 0.450 e. The summed E-state index contributed by atoms with van der Waals surface area (Å²) < 4.78 is 5.60. The summed E-state index contributed by atoms with van der Waals surface area (Å²) >= 11 is 0. The minimum Gasteiger partial charge on any atom is -0.450 e. The second-order valence-electron chi connectivity index (χ2n) is 6.34. The van der Waals surface area contributed by atoms with Crippen molar-refractivity contribution in [2.75, 3.05) is 0 Å². The Bertz CT molecular complexity index is 284. The molecule has 1 aliphatic heterocycles. The highest BCUT2D eigenvalue weighted by atomic mass is 33.1. The Morgan fingerprint density at radius 3 is 2.27 bits per heavy atom. The number of esters is 1. The zero-order valence-corrected chi connectivity index (χ0v) is 16.1. The Morgan fingerprint density at radius 2 is 1.55 bits per heavy atom. The maximum atomic E-state index is 11.8.